The Morgan fingerprint density at radius 3 is 2.88 bits per heavy atom. The molecule has 1 aliphatic heterocycles. The third-order valence-electron chi connectivity index (χ3n) is 2.91. The van der Waals surface area contributed by atoms with Crippen LogP contribution in [0.25, 0.3) is 0 Å². The zero-order valence-electron chi connectivity index (χ0n) is 10.0. The van der Waals surface area contributed by atoms with Crippen LogP contribution in [0.4, 0.5) is 0 Å². The molecule has 0 saturated carbocycles. The van der Waals surface area contributed by atoms with Crippen LogP contribution in [0.2, 0.25) is 0 Å². The molecule has 2 atom stereocenters. The van der Waals surface area contributed by atoms with E-state index in [9.17, 15) is 0 Å². The summed E-state index contributed by atoms with van der Waals surface area (Å²) in [6.45, 7) is 3.24. The zero-order chi connectivity index (χ0) is 12.1. The smallest absolute Gasteiger partial charge is 0.114 e. The largest absolute Gasteiger partial charge is 0.392 e. The maximum absolute atomic E-state index is 8.69. The van der Waals surface area contributed by atoms with E-state index in [1.165, 1.54) is 5.56 Å². The lowest BCUT2D eigenvalue weighted by molar-refractivity contribution is 0.104. The molecule has 0 amide bonds. The minimum atomic E-state index is -0.251. The Bertz CT molecular complexity index is 374. The predicted molar refractivity (Wildman–Crippen MR) is 65.6 cm³/mol. The third kappa shape index (κ3) is 3.40. The Morgan fingerprint density at radius 1 is 1.41 bits per heavy atom. The molecule has 1 aromatic carbocycles. The Kier molecular flexibility index (Phi) is 3.94. The number of hydrogen-bond donors (Lipinski definition) is 1. The molecule has 1 heterocycles. The van der Waals surface area contributed by atoms with Crippen LogP contribution >= 0.6 is 0 Å². The van der Waals surface area contributed by atoms with Crippen molar-refractivity contribution in [1.82, 2.24) is 0 Å². The van der Waals surface area contributed by atoms with Gasteiger partial charge in [-0.25, -0.2) is 0 Å². The van der Waals surface area contributed by atoms with Crippen LogP contribution in [-0.2, 0) is 16.1 Å². The summed E-state index contributed by atoms with van der Waals surface area (Å²) < 4.78 is 11.1. The molecule has 0 unspecified atom stereocenters. The molecule has 0 spiro atoms. The Hall–Kier alpha value is -1.16. The van der Waals surface area contributed by atoms with E-state index in [0.717, 1.165) is 0 Å². The molecule has 1 saturated heterocycles. The van der Waals surface area contributed by atoms with Gasteiger partial charge in [0, 0.05) is 0 Å². The number of benzene rings is 1. The zero-order valence-corrected chi connectivity index (χ0v) is 10.0. The molecule has 3 nitrogen and oxygen atoms in total. The van der Waals surface area contributed by atoms with Crippen molar-refractivity contribution in [1.29, 1.82) is 0 Å². The van der Waals surface area contributed by atoms with E-state index in [1.807, 2.05) is 43.3 Å². The van der Waals surface area contributed by atoms with Crippen molar-refractivity contribution in [2.45, 2.75) is 25.2 Å². The van der Waals surface area contributed by atoms with E-state index < -0.39 is 0 Å². The van der Waals surface area contributed by atoms with Gasteiger partial charge in [-0.1, -0.05) is 42.5 Å². The number of ether oxygens (including phenoxy) is 2. The first kappa shape index (κ1) is 12.3. The van der Waals surface area contributed by atoms with Gasteiger partial charge in [0.15, 0.2) is 0 Å². The number of aliphatic hydroxyl groups excluding tert-OH is 1. The Morgan fingerprint density at radius 2 is 2.18 bits per heavy atom. The van der Waals surface area contributed by atoms with E-state index in [2.05, 4.69) is 0 Å². The summed E-state index contributed by atoms with van der Waals surface area (Å²) in [5.41, 5.74) is 0.917. The van der Waals surface area contributed by atoms with Crippen LogP contribution in [0, 0.1) is 0 Å². The normalized spacial score (nSPS) is 27.5. The topological polar surface area (TPSA) is 42.0 Å². The van der Waals surface area contributed by atoms with E-state index in [0.29, 0.717) is 13.2 Å². The molecular weight excluding hydrogens is 216 g/mol. The molecule has 0 aliphatic carbocycles. The molecule has 1 fully saturated rings. The molecule has 0 aromatic heterocycles. The molecule has 1 aliphatic rings. The van der Waals surface area contributed by atoms with Crippen molar-refractivity contribution in [2.75, 3.05) is 13.2 Å². The van der Waals surface area contributed by atoms with Gasteiger partial charge in [0.2, 0.25) is 0 Å². The molecular formula is C14H18O3. The van der Waals surface area contributed by atoms with Crippen LogP contribution in [0.3, 0.4) is 0 Å². The second kappa shape index (κ2) is 5.45. The van der Waals surface area contributed by atoms with E-state index >= 15 is 0 Å². The van der Waals surface area contributed by atoms with E-state index in [4.69, 9.17) is 14.6 Å². The minimum absolute atomic E-state index is 0.0521. The van der Waals surface area contributed by atoms with Crippen molar-refractivity contribution in [3.05, 3.63) is 48.0 Å². The van der Waals surface area contributed by atoms with Crippen molar-refractivity contribution in [3.8, 4) is 0 Å². The molecule has 0 bridgehead atoms. The van der Waals surface area contributed by atoms with Gasteiger partial charge in [-0.3, -0.25) is 0 Å². The lowest BCUT2D eigenvalue weighted by Crippen LogP contribution is -2.11. The monoisotopic (exact) mass is 234 g/mol. The summed E-state index contributed by atoms with van der Waals surface area (Å²) in [6, 6.07) is 10.1. The van der Waals surface area contributed by atoms with Crippen LogP contribution in [0.5, 0.6) is 0 Å². The summed E-state index contributed by atoms with van der Waals surface area (Å²) in [5.74, 6) is 0. The maximum atomic E-state index is 8.69. The van der Waals surface area contributed by atoms with Crippen molar-refractivity contribution in [3.63, 3.8) is 0 Å². The van der Waals surface area contributed by atoms with Crippen LogP contribution in [0.1, 0.15) is 12.5 Å². The summed E-state index contributed by atoms with van der Waals surface area (Å²) in [7, 11) is 0. The van der Waals surface area contributed by atoms with Gasteiger partial charge in [-0.15, -0.1) is 0 Å². The van der Waals surface area contributed by atoms with Gasteiger partial charge in [0.05, 0.1) is 19.8 Å². The van der Waals surface area contributed by atoms with Gasteiger partial charge >= 0.3 is 0 Å². The fraction of sp³-hybridized carbons (Fsp3) is 0.429. The average molecular weight is 234 g/mol. The van der Waals surface area contributed by atoms with Gasteiger partial charge in [-0.05, 0) is 12.5 Å². The predicted octanol–water partition coefficient (Wildman–Crippen LogP) is 1.91. The average Bonchev–Trinajstić information content (AvgIpc) is 3.00. The summed E-state index contributed by atoms with van der Waals surface area (Å²) in [5, 5.41) is 8.69. The first-order chi connectivity index (χ1) is 8.24. The standard InChI is InChI=1S/C14H18O3/c1-14(8-5-9-15)13(17-14)11-16-10-12-6-3-2-4-7-12/h2-8,13,15H,9-11H2,1H3/b8-5-/t13-,14+/m0/s1. The van der Waals surface area contributed by atoms with Gasteiger partial charge in [-0.2, -0.15) is 0 Å². The first-order valence-electron chi connectivity index (χ1n) is 5.82. The maximum Gasteiger partial charge on any atom is 0.114 e. The molecule has 92 valence electrons. The highest BCUT2D eigenvalue weighted by Gasteiger charge is 2.50. The van der Waals surface area contributed by atoms with Crippen molar-refractivity contribution < 1.29 is 14.6 Å². The molecule has 2 rings (SSSR count). The molecule has 1 N–H and O–H groups in total. The van der Waals surface area contributed by atoms with E-state index in [-0.39, 0.29) is 18.3 Å². The number of hydrogen-bond acceptors (Lipinski definition) is 3. The second-order valence-corrected chi connectivity index (χ2v) is 4.38. The quantitative estimate of drug-likeness (QED) is 0.604. The van der Waals surface area contributed by atoms with Gasteiger partial charge in [0.1, 0.15) is 11.7 Å². The fourth-order valence-electron chi connectivity index (χ4n) is 1.76. The number of rotatable bonds is 6. The van der Waals surface area contributed by atoms with E-state index in [1.54, 1.807) is 6.08 Å². The first-order valence-corrected chi connectivity index (χ1v) is 5.82. The highest BCUT2D eigenvalue weighted by Crippen LogP contribution is 2.37. The fourth-order valence-corrected chi connectivity index (χ4v) is 1.76. The second-order valence-electron chi connectivity index (χ2n) is 4.38. The van der Waals surface area contributed by atoms with Gasteiger partial charge < -0.3 is 14.6 Å². The lowest BCUT2D eigenvalue weighted by atomic mass is 10.1. The summed E-state index contributed by atoms with van der Waals surface area (Å²) in [6.07, 6.45) is 3.70. The summed E-state index contributed by atoms with van der Waals surface area (Å²) >= 11 is 0. The van der Waals surface area contributed by atoms with Crippen molar-refractivity contribution in [2.24, 2.45) is 0 Å². The molecule has 17 heavy (non-hydrogen) atoms. The Labute approximate surface area is 102 Å². The lowest BCUT2D eigenvalue weighted by Gasteiger charge is -2.03. The SMILES string of the molecule is C[C@]1(/C=C\CO)O[C@H]1COCc1ccccc1. The highest BCUT2D eigenvalue weighted by atomic mass is 16.6. The minimum Gasteiger partial charge on any atom is -0.392 e. The Balaban J connectivity index is 1.70. The van der Waals surface area contributed by atoms with Crippen LogP contribution in [-0.4, -0.2) is 30.0 Å². The third-order valence-corrected chi connectivity index (χ3v) is 2.91. The highest BCUT2D eigenvalue weighted by molar-refractivity contribution is 5.15. The molecule has 1 aromatic rings. The molecule has 3 heteroatoms. The van der Waals surface area contributed by atoms with Crippen LogP contribution < -0.4 is 0 Å². The van der Waals surface area contributed by atoms with Gasteiger partial charge in [0.25, 0.3) is 0 Å². The molecule has 0 radical (unpaired) electrons. The number of epoxide rings is 1. The van der Waals surface area contributed by atoms with Crippen molar-refractivity contribution >= 4 is 0 Å². The summed E-state index contributed by atoms with van der Waals surface area (Å²) in [4.78, 5) is 0. The number of aliphatic hydroxyl groups is 1. The van der Waals surface area contributed by atoms with Crippen LogP contribution in [0.15, 0.2) is 42.5 Å².